The summed E-state index contributed by atoms with van der Waals surface area (Å²) in [4.78, 5) is 23.9. The molecule has 19 heavy (non-hydrogen) atoms. The van der Waals surface area contributed by atoms with Gasteiger partial charge in [-0.3, -0.25) is 0 Å². The van der Waals surface area contributed by atoms with E-state index in [0.29, 0.717) is 0 Å². The minimum Gasteiger partial charge on any atom is -0.478 e. The van der Waals surface area contributed by atoms with Crippen molar-refractivity contribution < 1.29 is 19.8 Å². The third kappa shape index (κ3) is 3.10. The molecule has 0 fully saturated rings. The van der Waals surface area contributed by atoms with E-state index >= 15 is 0 Å². The van der Waals surface area contributed by atoms with Crippen molar-refractivity contribution in [3.63, 3.8) is 0 Å². The summed E-state index contributed by atoms with van der Waals surface area (Å²) in [7, 11) is 0. The number of H-pyrrole nitrogens is 1. The highest BCUT2D eigenvalue weighted by molar-refractivity contribution is 5.94. The van der Waals surface area contributed by atoms with E-state index in [0.717, 1.165) is 34.2 Å². The van der Waals surface area contributed by atoms with Gasteiger partial charge in [0.2, 0.25) is 0 Å². The number of aromatic nitrogens is 1. The van der Waals surface area contributed by atoms with E-state index < -0.39 is 11.9 Å². The van der Waals surface area contributed by atoms with Crippen molar-refractivity contribution in [1.29, 1.82) is 0 Å². The Kier molecular flexibility index (Phi) is 3.47. The average molecular weight is 257 g/mol. The lowest BCUT2D eigenvalue weighted by molar-refractivity contribution is -0.132. The number of aromatic amines is 1. The van der Waals surface area contributed by atoms with Gasteiger partial charge in [-0.2, -0.15) is 0 Å². The molecule has 0 amide bonds. The Morgan fingerprint density at radius 3 is 2.42 bits per heavy atom. The van der Waals surface area contributed by atoms with Crippen LogP contribution in [0.25, 0.3) is 23.1 Å². The number of carboxylic acid groups (broad SMARTS) is 2. The maximum absolute atomic E-state index is 10.5. The molecule has 0 radical (unpaired) electrons. The zero-order valence-corrected chi connectivity index (χ0v) is 9.83. The zero-order chi connectivity index (χ0) is 13.8. The molecule has 5 heteroatoms. The fourth-order valence-corrected chi connectivity index (χ4v) is 1.74. The second kappa shape index (κ2) is 5.22. The van der Waals surface area contributed by atoms with Gasteiger partial charge in [-0.1, -0.05) is 12.1 Å². The lowest BCUT2D eigenvalue weighted by Crippen LogP contribution is -1.86. The van der Waals surface area contributed by atoms with Gasteiger partial charge in [0.05, 0.1) is 0 Å². The SMILES string of the molecule is O=C(O)C=Cc1ccc2c(/C=C/C(=O)O)c[nH]c2c1. The molecule has 0 aliphatic rings. The number of nitrogens with one attached hydrogen (secondary N) is 1. The molecule has 3 N–H and O–H groups in total. The molecule has 1 heterocycles. The molecule has 0 atom stereocenters. The van der Waals surface area contributed by atoms with Crippen molar-refractivity contribution in [2.45, 2.75) is 0 Å². The first-order valence-corrected chi connectivity index (χ1v) is 5.49. The molecule has 1 aromatic carbocycles. The highest BCUT2D eigenvalue weighted by atomic mass is 16.4. The quantitative estimate of drug-likeness (QED) is 0.733. The van der Waals surface area contributed by atoms with Gasteiger partial charge in [-0.15, -0.1) is 0 Å². The molecule has 2 rings (SSSR count). The molecule has 0 aliphatic heterocycles. The molecular weight excluding hydrogens is 246 g/mol. The fraction of sp³-hybridized carbons (Fsp3) is 0. The molecular formula is C14H11NO4. The van der Waals surface area contributed by atoms with Crippen LogP contribution in [0, 0.1) is 0 Å². The lowest BCUT2D eigenvalue weighted by Gasteiger charge is -1.95. The Labute approximate surface area is 108 Å². The van der Waals surface area contributed by atoms with Crippen molar-refractivity contribution >= 4 is 35.0 Å². The second-order valence-electron chi connectivity index (χ2n) is 3.89. The number of fused-ring (bicyclic) bond motifs is 1. The van der Waals surface area contributed by atoms with Crippen LogP contribution < -0.4 is 0 Å². The van der Waals surface area contributed by atoms with Crippen LogP contribution in [0.4, 0.5) is 0 Å². The number of hydrogen-bond acceptors (Lipinski definition) is 2. The normalized spacial score (nSPS) is 11.6. The third-order valence-electron chi connectivity index (χ3n) is 2.56. The van der Waals surface area contributed by atoms with Crippen LogP contribution in [0.5, 0.6) is 0 Å². The summed E-state index contributed by atoms with van der Waals surface area (Å²) in [6.45, 7) is 0. The van der Waals surface area contributed by atoms with Crippen LogP contribution >= 0.6 is 0 Å². The van der Waals surface area contributed by atoms with Gasteiger partial charge >= 0.3 is 11.9 Å². The summed E-state index contributed by atoms with van der Waals surface area (Å²) < 4.78 is 0. The van der Waals surface area contributed by atoms with Gasteiger partial charge in [0.1, 0.15) is 0 Å². The van der Waals surface area contributed by atoms with Crippen LogP contribution in [0.2, 0.25) is 0 Å². The largest absolute Gasteiger partial charge is 0.478 e. The number of carboxylic acids is 2. The number of aliphatic carboxylic acids is 2. The predicted molar refractivity (Wildman–Crippen MR) is 71.6 cm³/mol. The lowest BCUT2D eigenvalue weighted by atomic mass is 10.1. The molecule has 0 unspecified atom stereocenters. The molecule has 1 aromatic heterocycles. The van der Waals surface area contributed by atoms with Gasteiger partial charge in [0, 0.05) is 34.8 Å². The van der Waals surface area contributed by atoms with Crippen molar-refractivity contribution in [3.8, 4) is 0 Å². The maximum atomic E-state index is 10.5. The Morgan fingerprint density at radius 1 is 1.05 bits per heavy atom. The monoisotopic (exact) mass is 257 g/mol. The van der Waals surface area contributed by atoms with E-state index in [4.69, 9.17) is 10.2 Å². The molecule has 2 aromatic rings. The van der Waals surface area contributed by atoms with Gasteiger partial charge in [-0.25, -0.2) is 9.59 Å². The highest BCUT2D eigenvalue weighted by Crippen LogP contribution is 2.21. The smallest absolute Gasteiger partial charge is 0.328 e. The first-order valence-electron chi connectivity index (χ1n) is 5.49. The minimum absolute atomic E-state index is 0.755. The molecule has 0 spiro atoms. The standard InChI is InChI=1S/C14H11NO4/c16-13(17)5-2-9-1-4-11-10(3-6-14(18)19)8-15-12(11)7-9/h1-8,15H,(H,16,17)(H,18,19)/b5-2?,6-3+. The highest BCUT2D eigenvalue weighted by Gasteiger charge is 2.02. The summed E-state index contributed by atoms with van der Waals surface area (Å²) in [6, 6.07) is 5.38. The summed E-state index contributed by atoms with van der Waals surface area (Å²) in [5.41, 5.74) is 2.34. The molecule has 96 valence electrons. The van der Waals surface area contributed by atoms with Crippen molar-refractivity contribution in [2.75, 3.05) is 0 Å². The van der Waals surface area contributed by atoms with E-state index in [2.05, 4.69) is 4.98 Å². The van der Waals surface area contributed by atoms with Crippen molar-refractivity contribution in [3.05, 3.63) is 47.7 Å². The predicted octanol–water partition coefficient (Wildman–Crippen LogP) is 2.36. The summed E-state index contributed by atoms with van der Waals surface area (Å²) in [5, 5.41) is 18.0. The Bertz CT molecular complexity index is 695. The number of benzene rings is 1. The van der Waals surface area contributed by atoms with E-state index in [-0.39, 0.29) is 0 Å². The van der Waals surface area contributed by atoms with Crippen LogP contribution in [-0.4, -0.2) is 27.1 Å². The zero-order valence-electron chi connectivity index (χ0n) is 9.83. The van der Waals surface area contributed by atoms with E-state index in [1.54, 1.807) is 18.3 Å². The molecule has 0 saturated heterocycles. The number of hydrogen-bond donors (Lipinski definition) is 3. The van der Waals surface area contributed by atoms with E-state index in [1.165, 1.54) is 12.2 Å². The van der Waals surface area contributed by atoms with Crippen molar-refractivity contribution in [1.82, 2.24) is 4.98 Å². The van der Waals surface area contributed by atoms with E-state index in [9.17, 15) is 9.59 Å². The molecule has 0 saturated carbocycles. The Hall–Kier alpha value is -2.82. The Morgan fingerprint density at radius 2 is 1.74 bits per heavy atom. The number of carbonyl (C=O) groups is 2. The maximum Gasteiger partial charge on any atom is 0.328 e. The van der Waals surface area contributed by atoms with Gasteiger partial charge in [-0.05, 0) is 23.8 Å². The topological polar surface area (TPSA) is 90.4 Å². The third-order valence-corrected chi connectivity index (χ3v) is 2.56. The van der Waals surface area contributed by atoms with Crippen molar-refractivity contribution in [2.24, 2.45) is 0 Å². The fourth-order valence-electron chi connectivity index (χ4n) is 1.74. The van der Waals surface area contributed by atoms with Crippen LogP contribution in [0.3, 0.4) is 0 Å². The molecule has 5 nitrogen and oxygen atoms in total. The van der Waals surface area contributed by atoms with E-state index in [1.807, 2.05) is 6.07 Å². The second-order valence-corrected chi connectivity index (χ2v) is 3.89. The first kappa shape index (κ1) is 12.6. The van der Waals surface area contributed by atoms with Gasteiger partial charge < -0.3 is 15.2 Å². The first-order chi connectivity index (χ1) is 9.06. The van der Waals surface area contributed by atoms with Crippen LogP contribution in [-0.2, 0) is 9.59 Å². The summed E-state index contributed by atoms with van der Waals surface area (Å²) in [6.07, 6.45) is 6.84. The van der Waals surface area contributed by atoms with Crippen LogP contribution in [0.15, 0.2) is 36.5 Å². The minimum atomic E-state index is -1.00. The number of rotatable bonds is 4. The Balaban J connectivity index is 2.36. The van der Waals surface area contributed by atoms with Crippen LogP contribution in [0.1, 0.15) is 11.1 Å². The summed E-state index contributed by atoms with van der Waals surface area (Å²) >= 11 is 0. The van der Waals surface area contributed by atoms with Gasteiger partial charge in [0.15, 0.2) is 0 Å². The average Bonchev–Trinajstić information content (AvgIpc) is 2.76. The van der Waals surface area contributed by atoms with Gasteiger partial charge in [0.25, 0.3) is 0 Å². The molecule has 0 aliphatic carbocycles. The molecule has 0 bridgehead atoms. The summed E-state index contributed by atoms with van der Waals surface area (Å²) in [5.74, 6) is -2.01.